The predicted molar refractivity (Wildman–Crippen MR) is 70.3 cm³/mol. The Hall–Kier alpha value is -2.44. The number of hydrazone groups is 1. The van der Waals surface area contributed by atoms with Crippen molar-refractivity contribution >= 4 is 17.8 Å². The van der Waals surface area contributed by atoms with Crippen LogP contribution in [0.2, 0.25) is 0 Å². The second kappa shape index (κ2) is 8.62. The molecular weight excluding hydrogens is 250 g/mol. The Morgan fingerprint density at radius 2 is 2.05 bits per heavy atom. The standard InChI is InChI=1S/C10H11N3O4.C2H6/c1-6(12-13-10(16)17-2)8-7(9(14)15)4-3-5-11-8;1-2/h3-5H,1-2H3,(H,13,16)(H,14,15);1-2H3/b12-6-;. The fourth-order valence-electron chi connectivity index (χ4n) is 1.09. The summed E-state index contributed by atoms with van der Waals surface area (Å²) >= 11 is 0. The van der Waals surface area contributed by atoms with Crippen LogP contribution >= 0.6 is 0 Å². The summed E-state index contributed by atoms with van der Waals surface area (Å²) in [7, 11) is 1.20. The molecule has 0 saturated heterocycles. The van der Waals surface area contributed by atoms with Crippen LogP contribution in [0.3, 0.4) is 0 Å². The lowest BCUT2D eigenvalue weighted by atomic mass is 10.1. The number of nitrogens with zero attached hydrogens (tertiary/aromatic N) is 2. The summed E-state index contributed by atoms with van der Waals surface area (Å²) in [6.45, 7) is 5.53. The highest BCUT2D eigenvalue weighted by Crippen LogP contribution is 2.06. The summed E-state index contributed by atoms with van der Waals surface area (Å²) in [6, 6.07) is 2.91. The molecule has 0 aliphatic rings. The first-order valence-corrected chi connectivity index (χ1v) is 5.63. The minimum absolute atomic E-state index is 0.0143. The molecule has 7 heteroatoms. The van der Waals surface area contributed by atoms with Crippen molar-refractivity contribution in [2.45, 2.75) is 20.8 Å². The SMILES string of the molecule is CC.COC(=O)N/N=C(/C)c1ncccc1C(=O)O. The number of carbonyl (C=O) groups excluding carboxylic acids is 1. The third-order valence-corrected chi connectivity index (χ3v) is 1.88. The van der Waals surface area contributed by atoms with Gasteiger partial charge in [-0.2, -0.15) is 5.10 Å². The fraction of sp³-hybridized carbons (Fsp3) is 0.333. The number of aromatic carboxylic acids is 1. The summed E-state index contributed by atoms with van der Waals surface area (Å²) in [4.78, 5) is 25.6. The van der Waals surface area contributed by atoms with E-state index in [-0.39, 0.29) is 17.0 Å². The van der Waals surface area contributed by atoms with Crippen molar-refractivity contribution in [2.24, 2.45) is 5.10 Å². The maximum absolute atomic E-state index is 10.9. The Labute approximate surface area is 111 Å². The Balaban J connectivity index is 0.00000154. The summed E-state index contributed by atoms with van der Waals surface area (Å²) in [6.07, 6.45) is 0.705. The van der Waals surface area contributed by atoms with E-state index in [1.54, 1.807) is 0 Å². The zero-order chi connectivity index (χ0) is 14.8. The molecule has 7 nitrogen and oxygen atoms in total. The molecule has 0 aromatic carbocycles. The van der Waals surface area contributed by atoms with E-state index in [0.717, 1.165) is 0 Å². The molecule has 0 atom stereocenters. The third kappa shape index (κ3) is 5.15. The molecule has 1 amide bonds. The van der Waals surface area contributed by atoms with E-state index in [2.05, 4.69) is 20.2 Å². The highest BCUT2D eigenvalue weighted by molar-refractivity contribution is 6.05. The Morgan fingerprint density at radius 1 is 1.42 bits per heavy atom. The van der Waals surface area contributed by atoms with E-state index in [4.69, 9.17) is 5.11 Å². The number of carboxylic acid groups (broad SMARTS) is 1. The maximum atomic E-state index is 10.9. The van der Waals surface area contributed by atoms with E-state index >= 15 is 0 Å². The summed E-state index contributed by atoms with van der Waals surface area (Å²) in [5.74, 6) is -1.11. The number of ether oxygens (including phenoxy) is 1. The van der Waals surface area contributed by atoms with Crippen LogP contribution in [0.1, 0.15) is 36.8 Å². The van der Waals surface area contributed by atoms with Gasteiger partial charge in [0.25, 0.3) is 0 Å². The van der Waals surface area contributed by atoms with Crippen molar-refractivity contribution in [2.75, 3.05) is 7.11 Å². The smallest absolute Gasteiger partial charge is 0.427 e. The number of pyridine rings is 1. The van der Waals surface area contributed by atoms with Crippen LogP contribution in [0.5, 0.6) is 0 Å². The average molecular weight is 267 g/mol. The minimum Gasteiger partial charge on any atom is -0.478 e. The number of carbonyl (C=O) groups is 2. The van der Waals surface area contributed by atoms with Gasteiger partial charge in [0, 0.05) is 6.20 Å². The van der Waals surface area contributed by atoms with Crippen LogP contribution < -0.4 is 5.43 Å². The molecule has 0 fully saturated rings. The monoisotopic (exact) mass is 267 g/mol. The highest BCUT2D eigenvalue weighted by Gasteiger charge is 2.13. The number of rotatable bonds is 3. The van der Waals surface area contributed by atoms with Crippen LogP contribution in [0.25, 0.3) is 0 Å². The van der Waals surface area contributed by atoms with Gasteiger partial charge in [0.15, 0.2) is 0 Å². The topological polar surface area (TPSA) is 101 Å². The molecule has 1 heterocycles. The van der Waals surface area contributed by atoms with Gasteiger partial charge >= 0.3 is 12.1 Å². The highest BCUT2D eigenvalue weighted by atomic mass is 16.5. The fourth-order valence-corrected chi connectivity index (χ4v) is 1.09. The number of hydrogen-bond donors (Lipinski definition) is 2. The van der Waals surface area contributed by atoms with Gasteiger partial charge in [0.05, 0.1) is 18.4 Å². The zero-order valence-corrected chi connectivity index (χ0v) is 11.3. The quantitative estimate of drug-likeness (QED) is 0.643. The van der Waals surface area contributed by atoms with Gasteiger partial charge in [0.2, 0.25) is 0 Å². The molecule has 0 spiro atoms. The van der Waals surface area contributed by atoms with Gasteiger partial charge < -0.3 is 9.84 Å². The molecule has 0 saturated carbocycles. The number of methoxy groups -OCH3 is 1. The number of nitrogens with one attached hydrogen (secondary N) is 1. The van der Waals surface area contributed by atoms with Gasteiger partial charge in [-0.1, -0.05) is 13.8 Å². The van der Waals surface area contributed by atoms with Crippen molar-refractivity contribution in [3.05, 3.63) is 29.6 Å². The minimum atomic E-state index is -1.11. The third-order valence-electron chi connectivity index (χ3n) is 1.88. The molecular formula is C12H17N3O4. The molecule has 0 aliphatic carbocycles. The van der Waals surface area contributed by atoms with E-state index in [0.29, 0.717) is 0 Å². The van der Waals surface area contributed by atoms with Gasteiger partial charge in [-0.3, -0.25) is 4.98 Å². The van der Waals surface area contributed by atoms with Crippen molar-refractivity contribution in [3.8, 4) is 0 Å². The first-order chi connectivity index (χ1) is 9.06. The van der Waals surface area contributed by atoms with Crippen LogP contribution in [0.4, 0.5) is 4.79 Å². The normalized spacial score (nSPS) is 10.0. The Morgan fingerprint density at radius 3 is 2.58 bits per heavy atom. The lowest BCUT2D eigenvalue weighted by Crippen LogP contribution is -2.20. The molecule has 0 unspecified atom stereocenters. The van der Waals surface area contributed by atoms with E-state index < -0.39 is 12.1 Å². The number of carboxylic acids is 1. The van der Waals surface area contributed by atoms with Crippen molar-refractivity contribution in [1.82, 2.24) is 10.4 Å². The predicted octanol–water partition coefficient (Wildman–Crippen LogP) is 1.89. The first kappa shape index (κ1) is 16.6. The van der Waals surface area contributed by atoms with Crippen LogP contribution in [0.15, 0.2) is 23.4 Å². The van der Waals surface area contributed by atoms with Crippen LogP contribution in [-0.4, -0.2) is 35.0 Å². The molecule has 2 N–H and O–H groups in total. The molecule has 1 aromatic heterocycles. The van der Waals surface area contributed by atoms with Crippen molar-refractivity contribution in [1.29, 1.82) is 0 Å². The van der Waals surface area contributed by atoms with Crippen LogP contribution in [0, 0.1) is 0 Å². The number of hydrogen-bond acceptors (Lipinski definition) is 5. The molecule has 1 rings (SSSR count). The summed E-state index contributed by atoms with van der Waals surface area (Å²) in [5, 5.41) is 12.6. The lowest BCUT2D eigenvalue weighted by Gasteiger charge is -2.04. The van der Waals surface area contributed by atoms with E-state index in [9.17, 15) is 9.59 Å². The molecule has 0 bridgehead atoms. The van der Waals surface area contributed by atoms with Crippen molar-refractivity contribution < 1.29 is 19.4 Å². The zero-order valence-electron chi connectivity index (χ0n) is 11.3. The van der Waals surface area contributed by atoms with Gasteiger partial charge in [0.1, 0.15) is 5.69 Å². The van der Waals surface area contributed by atoms with Gasteiger partial charge in [-0.05, 0) is 19.1 Å². The number of amides is 1. The van der Waals surface area contributed by atoms with Gasteiger partial charge in [-0.25, -0.2) is 15.0 Å². The second-order valence-electron chi connectivity index (χ2n) is 3.01. The number of aromatic nitrogens is 1. The molecule has 104 valence electrons. The maximum Gasteiger partial charge on any atom is 0.427 e. The molecule has 19 heavy (non-hydrogen) atoms. The molecule has 0 radical (unpaired) electrons. The van der Waals surface area contributed by atoms with E-state index in [1.807, 2.05) is 13.8 Å². The Bertz CT molecular complexity index is 472. The largest absolute Gasteiger partial charge is 0.478 e. The van der Waals surface area contributed by atoms with Crippen molar-refractivity contribution in [3.63, 3.8) is 0 Å². The second-order valence-corrected chi connectivity index (χ2v) is 3.01. The molecule has 0 aliphatic heterocycles. The average Bonchev–Trinajstić information content (AvgIpc) is 2.46. The van der Waals surface area contributed by atoms with Gasteiger partial charge in [-0.15, -0.1) is 0 Å². The summed E-state index contributed by atoms with van der Waals surface area (Å²) in [5.41, 5.74) is 2.57. The summed E-state index contributed by atoms with van der Waals surface area (Å²) < 4.78 is 4.32. The first-order valence-electron chi connectivity index (χ1n) is 5.63. The Kier molecular flexibility index (Phi) is 7.51. The lowest BCUT2D eigenvalue weighted by molar-refractivity contribution is 0.0696. The van der Waals surface area contributed by atoms with Crippen LogP contribution in [-0.2, 0) is 4.74 Å². The van der Waals surface area contributed by atoms with E-state index in [1.165, 1.54) is 32.4 Å². The molecule has 1 aromatic rings.